The maximum Gasteiger partial charge on any atom is 0.187 e. The Morgan fingerprint density at radius 2 is 0.724 bits per heavy atom. The van der Waals surface area contributed by atoms with Gasteiger partial charge in [-0.05, 0) is 163 Å². The smallest absolute Gasteiger partial charge is 0.187 e. The fourth-order valence-corrected chi connectivity index (χ4v) is 9.92. The van der Waals surface area contributed by atoms with E-state index in [0.717, 1.165) is 0 Å². The number of hydrogen-bond acceptors (Lipinski definition) is 5. The highest BCUT2D eigenvalue weighted by molar-refractivity contribution is 6.28. The van der Waals surface area contributed by atoms with E-state index < -0.39 is 83.4 Å². The Bertz CT molecular complexity index is 4640. The van der Waals surface area contributed by atoms with E-state index >= 15 is 8.78 Å². The van der Waals surface area contributed by atoms with Crippen LogP contribution in [-0.4, -0.2) is 0 Å². The SMILES string of the molecule is [2H]c1c([2H])c([2H])c(N(c2cc(-c3ccc(C#N)cc3)c(-c3ccc(C#N)cc3)cc2F)c2ccc3ccc4c(N(c5cc(-c6ccc(C#N)cc6)c(-c6ccc([N+]#[C-])cc6)cc5F)c5c([2H])c([2H])c([2H])c([2H])c5[2H])ccc5ccc2c3c54)c([2H])c1[2H]. The molecule has 76 heavy (non-hydrogen) atoms. The quantitative estimate of drug-likeness (QED) is 0.101. The highest BCUT2D eigenvalue weighted by Gasteiger charge is 2.27. The van der Waals surface area contributed by atoms with E-state index in [1.807, 2.05) is 0 Å². The second kappa shape index (κ2) is 19.3. The molecule has 0 amide bonds. The Morgan fingerprint density at radius 3 is 1.07 bits per heavy atom. The van der Waals surface area contributed by atoms with Crippen molar-refractivity contribution in [1.29, 1.82) is 15.8 Å². The Morgan fingerprint density at radius 1 is 0.395 bits per heavy atom. The van der Waals surface area contributed by atoms with Gasteiger partial charge in [-0.15, -0.1) is 0 Å². The van der Waals surface area contributed by atoms with Gasteiger partial charge >= 0.3 is 0 Å². The van der Waals surface area contributed by atoms with Crippen LogP contribution >= 0.6 is 0 Å². The van der Waals surface area contributed by atoms with Gasteiger partial charge in [-0.2, -0.15) is 15.8 Å². The Balaban J connectivity index is 1.16. The lowest BCUT2D eigenvalue weighted by atomic mass is 9.90. The van der Waals surface area contributed by atoms with Crippen LogP contribution in [0.15, 0.2) is 230 Å². The highest BCUT2D eigenvalue weighted by Crippen LogP contribution is 2.50. The fourth-order valence-electron chi connectivity index (χ4n) is 9.92. The molecule has 0 spiro atoms. The lowest BCUT2D eigenvalue weighted by molar-refractivity contribution is 0.629. The van der Waals surface area contributed by atoms with Crippen molar-refractivity contribution in [3.05, 3.63) is 270 Å². The van der Waals surface area contributed by atoms with Gasteiger partial charge in [0.1, 0.15) is 11.6 Å². The maximum atomic E-state index is 17.9. The van der Waals surface area contributed by atoms with Crippen LogP contribution in [0.5, 0.6) is 0 Å². The first-order chi connectivity index (χ1) is 41.5. The number of hydrogen-bond donors (Lipinski definition) is 0. The van der Waals surface area contributed by atoms with E-state index in [4.69, 9.17) is 14.8 Å². The molecule has 12 rings (SSSR count). The van der Waals surface area contributed by atoms with Crippen molar-refractivity contribution in [3.8, 4) is 62.7 Å². The minimum atomic E-state index is -0.871. The standard InChI is InChI=1S/C68H38F2N6/c1-74-52-30-24-49(25-31-52)58-37-62(70)66(39-60(58)48-22-16-45(42-73)17-23-48)76(54-10-6-3-7-11-54)64-35-29-51-26-32-55-63(34-28-50-27-33-56(64)68(51)67(50)55)75(53-8-4-2-5-9-53)65-38-59(47-20-14-44(41-72)15-21-47)57(36-61(65)69)46-18-12-43(40-71)13-19-46/h2-39H/i2D,3D,4D,5D,6D,7D,8D,9D,10D,11D. The van der Waals surface area contributed by atoms with Gasteiger partial charge in [0.2, 0.25) is 0 Å². The number of nitrogens with zero attached hydrogens (tertiary/aromatic N) is 6. The molecule has 6 nitrogen and oxygen atoms in total. The molecular formula is C68H38F2N6. The lowest BCUT2D eigenvalue weighted by Crippen LogP contribution is -2.13. The molecular weight excluding hydrogens is 939 g/mol. The molecule has 354 valence electrons. The number of para-hydroxylation sites is 2. The molecule has 0 bridgehead atoms. The van der Waals surface area contributed by atoms with E-state index in [-0.39, 0.29) is 22.7 Å². The first kappa shape index (κ1) is 36.1. The zero-order chi connectivity index (χ0) is 60.6. The summed E-state index contributed by atoms with van der Waals surface area (Å²) in [6, 6.07) is 45.1. The average molecular weight is 987 g/mol. The predicted molar refractivity (Wildman–Crippen MR) is 302 cm³/mol. The number of anilines is 6. The molecule has 0 saturated heterocycles. The van der Waals surface area contributed by atoms with Crippen LogP contribution in [0.25, 0.3) is 81.7 Å². The molecule has 0 atom stereocenters. The van der Waals surface area contributed by atoms with E-state index in [9.17, 15) is 21.3 Å². The third-order valence-corrected chi connectivity index (χ3v) is 13.5. The van der Waals surface area contributed by atoms with Crippen LogP contribution in [0.4, 0.5) is 48.6 Å². The third kappa shape index (κ3) is 8.12. The molecule has 12 aromatic carbocycles. The topological polar surface area (TPSA) is 82.2 Å². The minimum absolute atomic E-state index is 0.159. The van der Waals surface area contributed by atoms with Crippen molar-refractivity contribution in [2.75, 3.05) is 9.80 Å². The molecule has 8 heteroatoms. The van der Waals surface area contributed by atoms with Gasteiger partial charge in [-0.25, -0.2) is 13.6 Å². The molecule has 12 aromatic rings. The Labute approximate surface area is 451 Å². The van der Waals surface area contributed by atoms with Crippen molar-refractivity contribution in [2.45, 2.75) is 0 Å². The molecule has 0 heterocycles. The summed E-state index contributed by atoms with van der Waals surface area (Å²) in [5.74, 6) is -1.74. The van der Waals surface area contributed by atoms with Crippen LogP contribution in [0.1, 0.15) is 30.4 Å². The molecule has 0 aliphatic heterocycles. The molecule has 0 radical (unpaired) electrons. The summed E-state index contributed by atoms with van der Waals surface area (Å²) in [5.41, 5.74) is 4.18. The van der Waals surface area contributed by atoms with E-state index in [1.165, 1.54) is 34.1 Å². The second-order valence-electron chi connectivity index (χ2n) is 17.6. The van der Waals surface area contributed by atoms with Gasteiger partial charge in [-0.1, -0.05) is 133 Å². The molecule has 0 fully saturated rings. The summed E-state index contributed by atoms with van der Waals surface area (Å²) < 4.78 is 126. The summed E-state index contributed by atoms with van der Waals surface area (Å²) in [4.78, 5) is 6.08. The fraction of sp³-hybridized carbons (Fsp3) is 0. The average Bonchev–Trinajstić information content (AvgIpc) is 1.08. The zero-order valence-corrected chi connectivity index (χ0v) is 39.6. The molecule has 0 aliphatic carbocycles. The van der Waals surface area contributed by atoms with Gasteiger partial charge in [0.25, 0.3) is 0 Å². The monoisotopic (exact) mass is 986 g/mol. The Kier molecular flexibility index (Phi) is 9.15. The number of rotatable bonds is 10. The number of benzene rings is 12. The van der Waals surface area contributed by atoms with Gasteiger partial charge in [0.05, 0.1) is 77.9 Å². The molecule has 0 saturated carbocycles. The first-order valence-electron chi connectivity index (χ1n) is 28.6. The van der Waals surface area contributed by atoms with E-state index in [1.54, 1.807) is 146 Å². The molecule has 0 aromatic heterocycles. The van der Waals surface area contributed by atoms with Gasteiger partial charge in [0, 0.05) is 22.1 Å². The van der Waals surface area contributed by atoms with Gasteiger partial charge in [-0.3, -0.25) is 0 Å². The molecule has 0 unspecified atom stereocenters. The maximum absolute atomic E-state index is 17.9. The molecule has 0 N–H and O–H groups in total. The highest BCUT2D eigenvalue weighted by atomic mass is 19.1. The van der Waals surface area contributed by atoms with Crippen molar-refractivity contribution >= 4 is 72.1 Å². The summed E-state index contributed by atoms with van der Waals surface area (Å²) >= 11 is 0. The van der Waals surface area contributed by atoms with Gasteiger partial charge < -0.3 is 9.80 Å². The van der Waals surface area contributed by atoms with Crippen LogP contribution in [0, 0.1) is 52.2 Å². The van der Waals surface area contributed by atoms with Crippen molar-refractivity contribution in [3.63, 3.8) is 0 Å². The van der Waals surface area contributed by atoms with E-state index in [0.29, 0.717) is 99.2 Å². The number of halogens is 2. The largest absolute Gasteiger partial charge is 0.307 e. The van der Waals surface area contributed by atoms with Crippen LogP contribution < -0.4 is 9.80 Å². The van der Waals surface area contributed by atoms with Gasteiger partial charge in [0.15, 0.2) is 5.69 Å². The third-order valence-electron chi connectivity index (χ3n) is 13.5. The summed E-state index contributed by atoms with van der Waals surface area (Å²) in [6.45, 7) is 7.54. The van der Waals surface area contributed by atoms with E-state index in [2.05, 4.69) is 23.1 Å². The van der Waals surface area contributed by atoms with Crippen LogP contribution in [0.2, 0.25) is 0 Å². The Hall–Kier alpha value is -10.9. The number of nitriles is 3. The normalized spacial score (nSPS) is 12.8. The van der Waals surface area contributed by atoms with Crippen molar-refractivity contribution < 1.29 is 22.5 Å². The predicted octanol–water partition coefficient (Wildman–Crippen LogP) is 18.6. The zero-order valence-electron chi connectivity index (χ0n) is 49.6. The first-order valence-corrected chi connectivity index (χ1v) is 23.6. The lowest BCUT2D eigenvalue weighted by Gasteiger charge is -2.30. The molecule has 0 aliphatic rings. The summed E-state index contributed by atoms with van der Waals surface area (Å²) in [5, 5.41) is 32.2. The van der Waals surface area contributed by atoms with Crippen molar-refractivity contribution in [2.24, 2.45) is 0 Å². The van der Waals surface area contributed by atoms with Crippen LogP contribution in [-0.2, 0) is 0 Å². The second-order valence-corrected chi connectivity index (χ2v) is 17.6. The summed E-state index contributed by atoms with van der Waals surface area (Å²) in [7, 11) is 0. The summed E-state index contributed by atoms with van der Waals surface area (Å²) in [6.07, 6.45) is 0. The minimum Gasteiger partial charge on any atom is -0.307 e. The van der Waals surface area contributed by atoms with Crippen LogP contribution in [0.3, 0.4) is 0 Å². The van der Waals surface area contributed by atoms with Crippen molar-refractivity contribution in [1.82, 2.24) is 0 Å².